The summed E-state index contributed by atoms with van der Waals surface area (Å²) in [5, 5.41) is 8.50. The zero-order valence-corrected chi connectivity index (χ0v) is 16.2. The first-order chi connectivity index (χ1) is 13.2. The number of ether oxygens (including phenoxy) is 1. The molecule has 4 rings (SSSR count). The van der Waals surface area contributed by atoms with E-state index in [1.165, 1.54) is 11.3 Å². The van der Waals surface area contributed by atoms with E-state index in [-0.39, 0.29) is 0 Å². The molecule has 0 spiro atoms. The molecule has 1 aliphatic heterocycles. The van der Waals surface area contributed by atoms with Crippen molar-refractivity contribution < 1.29 is 4.74 Å². The first-order valence-electron chi connectivity index (χ1n) is 9.38. The molecule has 0 bridgehead atoms. The van der Waals surface area contributed by atoms with Gasteiger partial charge in [-0.3, -0.25) is 10.00 Å². The van der Waals surface area contributed by atoms with Gasteiger partial charge < -0.3 is 4.74 Å². The van der Waals surface area contributed by atoms with E-state index in [2.05, 4.69) is 33.3 Å². The average molecular weight is 382 g/mol. The number of aromatic nitrogens is 2. The molecule has 1 saturated heterocycles. The van der Waals surface area contributed by atoms with Crippen LogP contribution in [-0.4, -0.2) is 35.3 Å². The van der Waals surface area contributed by atoms with Crippen LogP contribution in [0.3, 0.4) is 0 Å². The third-order valence-electron chi connectivity index (χ3n) is 5.33. The SMILES string of the molecule is COc1ccc(CN2CCC(c3cc(-c4ccc(Cl)cc4)n[nH]3)CC2)cc1. The van der Waals surface area contributed by atoms with Crippen LogP contribution in [0.2, 0.25) is 5.02 Å². The number of H-pyrrole nitrogens is 1. The molecule has 3 aromatic rings. The predicted octanol–water partition coefficient (Wildman–Crippen LogP) is 5.12. The molecule has 0 unspecified atom stereocenters. The highest BCUT2D eigenvalue weighted by Crippen LogP contribution is 2.30. The topological polar surface area (TPSA) is 41.1 Å². The van der Waals surface area contributed by atoms with Crippen LogP contribution >= 0.6 is 11.6 Å². The molecule has 4 nitrogen and oxygen atoms in total. The molecular weight excluding hydrogens is 358 g/mol. The van der Waals surface area contributed by atoms with Crippen LogP contribution in [0.1, 0.15) is 30.0 Å². The molecule has 2 aromatic carbocycles. The Balaban J connectivity index is 1.34. The van der Waals surface area contributed by atoms with E-state index in [9.17, 15) is 0 Å². The van der Waals surface area contributed by atoms with E-state index in [1.54, 1.807) is 7.11 Å². The third-order valence-corrected chi connectivity index (χ3v) is 5.58. The maximum atomic E-state index is 5.97. The second-order valence-corrected chi connectivity index (χ2v) is 7.55. The van der Waals surface area contributed by atoms with Crippen molar-refractivity contribution >= 4 is 11.6 Å². The van der Waals surface area contributed by atoms with Gasteiger partial charge in [0, 0.05) is 28.7 Å². The Morgan fingerprint density at radius 2 is 1.78 bits per heavy atom. The Labute approximate surface area is 165 Å². The standard InChI is InChI=1S/C22H24ClN3O/c1-27-20-8-2-16(3-9-20)15-26-12-10-18(11-13-26)22-14-21(24-25-22)17-4-6-19(23)7-5-17/h2-9,14,18H,10-13,15H2,1H3,(H,24,25). The van der Waals surface area contributed by atoms with Crippen molar-refractivity contribution in [2.75, 3.05) is 20.2 Å². The maximum absolute atomic E-state index is 5.97. The van der Waals surface area contributed by atoms with Gasteiger partial charge in [0.15, 0.2) is 0 Å². The van der Waals surface area contributed by atoms with Crippen molar-refractivity contribution in [1.82, 2.24) is 15.1 Å². The zero-order chi connectivity index (χ0) is 18.6. The molecule has 2 heterocycles. The van der Waals surface area contributed by atoms with Gasteiger partial charge >= 0.3 is 0 Å². The summed E-state index contributed by atoms with van der Waals surface area (Å²) in [5.41, 5.74) is 4.66. The predicted molar refractivity (Wildman–Crippen MR) is 109 cm³/mol. The molecule has 0 saturated carbocycles. The number of piperidine rings is 1. The molecular formula is C22H24ClN3O. The Bertz CT molecular complexity index is 865. The van der Waals surface area contributed by atoms with Crippen molar-refractivity contribution in [3.8, 4) is 17.0 Å². The number of likely N-dealkylation sites (tertiary alicyclic amines) is 1. The lowest BCUT2D eigenvalue weighted by Crippen LogP contribution is -2.32. The summed E-state index contributed by atoms with van der Waals surface area (Å²) in [6.45, 7) is 3.20. The van der Waals surface area contributed by atoms with E-state index < -0.39 is 0 Å². The van der Waals surface area contributed by atoms with Crippen molar-refractivity contribution in [3.63, 3.8) is 0 Å². The maximum Gasteiger partial charge on any atom is 0.118 e. The fourth-order valence-electron chi connectivity index (χ4n) is 3.71. The van der Waals surface area contributed by atoms with Crippen molar-refractivity contribution in [2.45, 2.75) is 25.3 Å². The van der Waals surface area contributed by atoms with E-state index in [0.29, 0.717) is 5.92 Å². The van der Waals surface area contributed by atoms with Gasteiger partial charge in [-0.1, -0.05) is 35.9 Å². The number of rotatable bonds is 5. The fraction of sp³-hybridized carbons (Fsp3) is 0.318. The number of benzene rings is 2. The molecule has 27 heavy (non-hydrogen) atoms. The number of methoxy groups -OCH3 is 1. The smallest absolute Gasteiger partial charge is 0.118 e. The molecule has 0 amide bonds. The lowest BCUT2D eigenvalue weighted by Gasteiger charge is -2.31. The summed E-state index contributed by atoms with van der Waals surface area (Å²) in [6.07, 6.45) is 2.30. The minimum Gasteiger partial charge on any atom is -0.497 e. The van der Waals surface area contributed by atoms with Gasteiger partial charge in [0.2, 0.25) is 0 Å². The van der Waals surface area contributed by atoms with Crippen molar-refractivity contribution in [2.24, 2.45) is 0 Å². The highest BCUT2D eigenvalue weighted by atomic mass is 35.5. The van der Waals surface area contributed by atoms with Gasteiger partial charge in [-0.25, -0.2) is 0 Å². The molecule has 1 fully saturated rings. The number of hydrogen-bond acceptors (Lipinski definition) is 3. The van der Waals surface area contributed by atoms with Gasteiger partial charge in [0.05, 0.1) is 12.8 Å². The molecule has 0 atom stereocenters. The lowest BCUT2D eigenvalue weighted by molar-refractivity contribution is 0.203. The minimum absolute atomic E-state index is 0.547. The summed E-state index contributed by atoms with van der Waals surface area (Å²) < 4.78 is 5.23. The van der Waals surface area contributed by atoms with E-state index >= 15 is 0 Å². The van der Waals surface area contributed by atoms with Gasteiger partial charge in [-0.05, 0) is 61.8 Å². The van der Waals surface area contributed by atoms with Gasteiger partial charge in [0.25, 0.3) is 0 Å². The molecule has 5 heteroatoms. The number of hydrogen-bond donors (Lipinski definition) is 1. The quantitative estimate of drug-likeness (QED) is 0.667. The number of nitrogens with zero attached hydrogens (tertiary/aromatic N) is 2. The highest BCUT2D eigenvalue weighted by Gasteiger charge is 2.22. The second-order valence-electron chi connectivity index (χ2n) is 7.11. The average Bonchev–Trinajstić information content (AvgIpc) is 3.20. The van der Waals surface area contributed by atoms with Crippen LogP contribution in [0.4, 0.5) is 0 Å². The van der Waals surface area contributed by atoms with Crippen molar-refractivity contribution in [3.05, 3.63) is 70.9 Å². The summed E-state index contributed by atoms with van der Waals surface area (Å²) in [5.74, 6) is 1.46. The Morgan fingerprint density at radius 3 is 2.44 bits per heavy atom. The Morgan fingerprint density at radius 1 is 1.07 bits per heavy atom. The van der Waals surface area contributed by atoms with E-state index in [1.807, 2.05) is 36.4 Å². The van der Waals surface area contributed by atoms with Gasteiger partial charge in [-0.15, -0.1) is 0 Å². The summed E-state index contributed by atoms with van der Waals surface area (Å²) in [4.78, 5) is 2.52. The molecule has 1 N–H and O–H groups in total. The fourth-order valence-corrected chi connectivity index (χ4v) is 3.83. The normalized spacial score (nSPS) is 15.8. The van der Waals surface area contributed by atoms with Crippen LogP contribution < -0.4 is 4.74 Å². The highest BCUT2D eigenvalue weighted by molar-refractivity contribution is 6.30. The first kappa shape index (κ1) is 18.1. The number of nitrogens with one attached hydrogen (secondary N) is 1. The van der Waals surface area contributed by atoms with Crippen LogP contribution in [0.5, 0.6) is 5.75 Å². The minimum atomic E-state index is 0.547. The zero-order valence-electron chi connectivity index (χ0n) is 15.5. The van der Waals surface area contributed by atoms with Gasteiger partial charge in [-0.2, -0.15) is 5.10 Å². The molecule has 1 aromatic heterocycles. The van der Waals surface area contributed by atoms with Crippen molar-refractivity contribution in [1.29, 1.82) is 0 Å². The summed E-state index contributed by atoms with van der Waals surface area (Å²) in [6, 6.07) is 18.4. The molecule has 1 aliphatic rings. The van der Waals surface area contributed by atoms with Crippen LogP contribution in [0.15, 0.2) is 54.6 Å². The van der Waals surface area contributed by atoms with E-state index in [4.69, 9.17) is 16.3 Å². The third kappa shape index (κ3) is 4.34. The Hall–Kier alpha value is -2.30. The Kier molecular flexibility index (Phi) is 5.46. The van der Waals surface area contributed by atoms with Crippen LogP contribution in [-0.2, 0) is 6.54 Å². The number of halogens is 1. The summed E-state index contributed by atoms with van der Waals surface area (Å²) in [7, 11) is 1.70. The largest absolute Gasteiger partial charge is 0.497 e. The van der Waals surface area contributed by atoms with E-state index in [0.717, 1.165) is 54.5 Å². The van der Waals surface area contributed by atoms with Crippen LogP contribution in [0, 0.1) is 0 Å². The number of aromatic amines is 1. The molecule has 140 valence electrons. The molecule has 0 radical (unpaired) electrons. The molecule has 0 aliphatic carbocycles. The van der Waals surface area contributed by atoms with Crippen LogP contribution in [0.25, 0.3) is 11.3 Å². The monoisotopic (exact) mass is 381 g/mol. The lowest BCUT2D eigenvalue weighted by atomic mass is 9.93. The second kappa shape index (κ2) is 8.15. The van der Waals surface area contributed by atoms with Gasteiger partial charge in [0.1, 0.15) is 5.75 Å². The summed E-state index contributed by atoms with van der Waals surface area (Å²) >= 11 is 5.97. The first-order valence-corrected chi connectivity index (χ1v) is 9.75.